The third-order valence-electron chi connectivity index (χ3n) is 9.00. The fourth-order valence-electron chi connectivity index (χ4n) is 6.33. The summed E-state index contributed by atoms with van der Waals surface area (Å²) in [6, 6.07) is 15.4. The number of hydrogen-bond donors (Lipinski definition) is 5. The lowest BCUT2D eigenvalue weighted by atomic mass is 9.79. The molecule has 12 nitrogen and oxygen atoms in total. The van der Waals surface area contributed by atoms with Crippen LogP contribution in [0.2, 0.25) is 0 Å². The number of ether oxygens (including phenoxy) is 1. The summed E-state index contributed by atoms with van der Waals surface area (Å²) >= 11 is 1.34. The number of thioether (sulfide) groups is 1. The molecule has 0 fully saturated rings. The van der Waals surface area contributed by atoms with E-state index in [1.165, 1.54) is 42.1 Å². The van der Waals surface area contributed by atoms with Crippen molar-refractivity contribution in [1.82, 2.24) is 10.6 Å². The smallest absolute Gasteiger partial charge is 0.328 e. The van der Waals surface area contributed by atoms with Crippen molar-refractivity contribution in [2.45, 2.75) is 74.2 Å². The fourth-order valence-corrected chi connectivity index (χ4v) is 9.00. The number of nitrogens with one attached hydrogen (secondary N) is 2. The van der Waals surface area contributed by atoms with Gasteiger partial charge in [-0.05, 0) is 55.0 Å². The molecular formula is C37H47N3O9S2. The average molecular weight is 742 g/mol. The van der Waals surface area contributed by atoms with E-state index in [-0.39, 0.29) is 27.7 Å². The summed E-state index contributed by atoms with van der Waals surface area (Å²) in [6.07, 6.45) is 7.04. The van der Waals surface area contributed by atoms with Crippen molar-refractivity contribution in [3.63, 3.8) is 0 Å². The third kappa shape index (κ3) is 9.95. The minimum absolute atomic E-state index is 0.0243. The van der Waals surface area contributed by atoms with Crippen LogP contribution in [0.5, 0.6) is 11.5 Å². The molecule has 0 saturated carbocycles. The van der Waals surface area contributed by atoms with Crippen LogP contribution in [0.3, 0.4) is 0 Å². The molecule has 0 spiro atoms. The molecule has 51 heavy (non-hydrogen) atoms. The summed E-state index contributed by atoms with van der Waals surface area (Å²) in [4.78, 5) is 40.7. The van der Waals surface area contributed by atoms with Crippen LogP contribution in [0.4, 0.5) is 11.4 Å². The lowest BCUT2D eigenvalue weighted by Crippen LogP contribution is -2.49. The first-order valence-electron chi connectivity index (χ1n) is 17.0. The molecule has 14 heteroatoms. The van der Waals surface area contributed by atoms with Gasteiger partial charge in [0.25, 0.3) is 5.91 Å². The van der Waals surface area contributed by atoms with Gasteiger partial charge in [0.2, 0.25) is 5.91 Å². The first kappa shape index (κ1) is 39.5. The average Bonchev–Trinajstić information content (AvgIpc) is 3.21. The second kappa shape index (κ2) is 17.8. The molecule has 0 radical (unpaired) electrons. The van der Waals surface area contributed by atoms with Crippen LogP contribution in [0, 0.1) is 5.41 Å². The molecular weight excluding hydrogens is 695 g/mol. The Morgan fingerprint density at radius 3 is 2.20 bits per heavy atom. The van der Waals surface area contributed by atoms with Crippen molar-refractivity contribution < 1.29 is 42.9 Å². The van der Waals surface area contributed by atoms with E-state index in [2.05, 4.69) is 29.4 Å². The number of aromatic hydroxyl groups is 1. The van der Waals surface area contributed by atoms with Crippen molar-refractivity contribution in [2.75, 3.05) is 36.7 Å². The van der Waals surface area contributed by atoms with Crippen LogP contribution in [0.15, 0.2) is 76.5 Å². The molecule has 5 N–H and O–H groups in total. The number of hydrogen-bond acceptors (Lipinski definition) is 10. The SMILES string of the molecule is CCCCC1(CCCC)CN(c2ccccc2)c2cc(SC)c(OCC(=O)N[C@@H](C(=O)N[C@@H](CO)C(=O)O)c3ccc(O)cc3)cc2S(=O)(=O)C1. The molecule has 3 aromatic carbocycles. The van der Waals surface area contributed by atoms with Crippen LogP contribution in [0.1, 0.15) is 64.0 Å². The summed E-state index contributed by atoms with van der Waals surface area (Å²) in [6.45, 7) is 3.26. The van der Waals surface area contributed by atoms with Gasteiger partial charge in [-0.3, -0.25) is 9.59 Å². The van der Waals surface area contributed by atoms with Crippen molar-refractivity contribution in [1.29, 1.82) is 0 Å². The first-order chi connectivity index (χ1) is 24.4. The molecule has 0 aliphatic carbocycles. The number of phenols is 1. The quantitative estimate of drug-likeness (QED) is 0.115. The highest BCUT2D eigenvalue weighted by molar-refractivity contribution is 7.98. The minimum atomic E-state index is -3.84. The molecule has 0 saturated heterocycles. The number of fused-ring (bicyclic) bond motifs is 1. The Balaban J connectivity index is 1.68. The van der Waals surface area contributed by atoms with Crippen molar-refractivity contribution in [3.8, 4) is 11.5 Å². The van der Waals surface area contributed by atoms with Crippen molar-refractivity contribution in [3.05, 3.63) is 72.3 Å². The Labute approximate surface area is 303 Å². The number of sulfone groups is 1. The predicted octanol–water partition coefficient (Wildman–Crippen LogP) is 5.20. The molecule has 1 heterocycles. The molecule has 2 atom stereocenters. The second-order valence-corrected chi connectivity index (χ2v) is 15.6. The number of carboxylic acid groups (broad SMARTS) is 1. The zero-order chi connectivity index (χ0) is 37.2. The number of rotatable bonds is 17. The van der Waals surface area contributed by atoms with Crippen LogP contribution in [0.25, 0.3) is 0 Å². The van der Waals surface area contributed by atoms with Crippen LogP contribution in [-0.2, 0) is 24.2 Å². The largest absolute Gasteiger partial charge is 0.508 e. The van der Waals surface area contributed by atoms with Gasteiger partial charge in [0, 0.05) is 23.7 Å². The van der Waals surface area contributed by atoms with Gasteiger partial charge in [-0.2, -0.15) is 0 Å². The van der Waals surface area contributed by atoms with Gasteiger partial charge < -0.3 is 35.6 Å². The number of aliphatic hydroxyl groups is 1. The number of aliphatic hydroxyl groups excluding tert-OH is 1. The molecule has 1 aliphatic rings. The number of anilines is 2. The molecule has 0 bridgehead atoms. The van der Waals surface area contributed by atoms with E-state index < -0.39 is 58.3 Å². The number of nitrogens with zero attached hydrogens (tertiary/aromatic N) is 1. The number of phenolic OH excluding ortho intramolecular Hbond substituents is 1. The number of carbonyl (C=O) groups is 3. The molecule has 4 rings (SSSR count). The fraction of sp³-hybridized carbons (Fsp3) is 0.432. The lowest BCUT2D eigenvalue weighted by Gasteiger charge is -2.37. The first-order valence-corrected chi connectivity index (χ1v) is 19.9. The maximum atomic E-state index is 14.4. The number of carboxylic acids is 1. The van der Waals surface area contributed by atoms with E-state index in [1.807, 2.05) is 36.6 Å². The predicted molar refractivity (Wildman–Crippen MR) is 196 cm³/mol. The summed E-state index contributed by atoms with van der Waals surface area (Å²) in [5, 5.41) is 33.2. The molecule has 3 aromatic rings. The number of amides is 2. The van der Waals surface area contributed by atoms with E-state index in [1.54, 1.807) is 6.07 Å². The van der Waals surface area contributed by atoms with Gasteiger partial charge in [0.1, 0.15) is 23.6 Å². The molecule has 2 amide bonds. The Morgan fingerprint density at radius 1 is 0.980 bits per heavy atom. The normalized spacial score (nSPS) is 15.9. The molecule has 1 aliphatic heterocycles. The number of para-hydroxylation sites is 1. The van der Waals surface area contributed by atoms with E-state index in [4.69, 9.17) is 4.74 Å². The van der Waals surface area contributed by atoms with E-state index in [9.17, 15) is 38.1 Å². The van der Waals surface area contributed by atoms with Gasteiger partial charge in [-0.15, -0.1) is 11.8 Å². The highest BCUT2D eigenvalue weighted by Gasteiger charge is 2.42. The minimum Gasteiger partial charge on any atom is -0.508 e. The zero-order valence-corrected chi connectivity index (χ0v) is 30.8. The maximum Gasteiger partial charge on any atom is 0.328 e. The van der Waals surface area contributed by atoms with E-state index in [0.717, 1.165) is 44.2 Å². The summed E-state index contributed by atoms with van der Waals surface area (Å²) in [5.41, 5.74) is 1.16. The molecule has 0 unspecified atom stereocenters. The van der Waals surface area contributed by atoms with Gasteiger partial charge in [-0.1, -0.05) is 69.9 Å². The standard InChI is InChI=1S/C37H47N3O9S2/c1-4-6-17-37(18-7-5-2)23-40(26-11-9-8-10-12-26)29-19-31(50-3)30(20-32(29)51(47,48)24-37)49-22-33(43)39-34(25-13-15-27(42)16-14-25)35(44)38-28(21-41)36(45)46/h8-16,19-20,28,34,41-42H,4-7,17-18,21-24H2,1-3H3,(H,38,44)(H,39,43)(H,45,46)/t28-,34+/m0/s1. The lowest BCUT2D eigenvalue weighted by molar-refractivity contribution is -0.143. The molecule has 276 valence electrons. The highest BCUT2D eigenvalue weighted by Crippen LogP contribution is 2.47. The van der Waals surface area contributed by atoms with Gasteiger partial charge in [-0.25, -0.2) is 13.2 Å². The molecule has 0 aromatic heterocycles. The Morgan fingerprint density at radius 2 is 1.63 bits per heavy atom. The summed E-state index contributed by atoms with van der Waals surface area (Å²) in [5.74, 6) is -3.07. The summed E-state index contributed by atoms with van der Waals surface area (Å²) in [7, 11) is -3.84. The zero-order valence-electron chi connectivity index (χ0n) is 29.1. The Hall–Kier alpha value is -4.27. The van der Waals surface area contributed by atoms with Gasteiger partial charge >= 0.3 is 5.97 Å². The Bertz CT molecular complexity index is 1760. The monoisotopic (exact) mass is 741 g/mol. The topological polar surface area (TPSA) is 183 Å². The number of carbonyl (C=O) groups excluding carboxylic acids is 2. The van der Waals surface area contributed by atoms with Gasteiger partial charge in [0.05, 0.1) is 27.8 Å². The van der Waals surface area contributed by atoms with Crippen LogP contribution < -0.4 is 20.3 Å². The number of unbranched alkanes of at least 4 members (excludes halogenated alkanes) is 2. The van der Waals surface area contributed by atoms with E-state index >= 15 is 0 Å². The van der Waals surface area contributed by atoms with Gasteiger partial charge in [0.15, 0.2) is 16.4 Å². The number of aliphatic carboxylic acids is 1. The van der Waals surface area contributed by atoms with Crippen molar-refractivity contribution >= 4 is 50.8 Å². The van der Waals surface area contributed by atoms with Crippen molar-refractivity contribution in [2.24, 2.45) is 5.41 Å². The highest BCUT2D eigenvalue weighted by atomic mass is 32.2. The van der Waals surface area contributed by atoms with Crippen LogP contribution in [-0.4, -0.2) is 79.3 Å². The maximum absolute atomic E-state index is 14.4. The number of benzene rings is 3. The third-order valence-corrected chi connectivity index (χ3v) is 11.7. The Kier molecular flexibility index (Phi) is 13.8. The second-order valence-electron chi connectivity index (χ2n) is 12.8. The van der Waals surface area contributed by atoms with E-state index in [0.29, 0.717) is 17.1 Å². The summed E-state index contributed by atoms with van der Waals surface area (Å²) < 4.78 is 34.7. The van der Waals surface area contributed by atoms with Crippen LogP contribution >= 0.6 is 11.8 Å².